The molecule has 1 aliphatic rings. The molecule has 0 N–H and O–H groups in total. The zero-order valence-corrected chi connectivity index (χ0v) is 16.8. The van der Waals surface area contributed by atoms with E-state index in [-0.39, 0.29) is 46.5 Å². The van der Waals surface area contributed by atoms with Crippen molar-refractivity contribution in [2.45, 2.75) is 31.0 Å². The molecule has 1 aliphatic carbocycles. The van der Waals surface area contributed by atoms with Crippen molar-refractivity contribution in [2.24, 2.45) is 0 Å². The van der Waals surface area contributed by atoms with Crippen molar-refractivity contribution in [1.82, 2.24) is 0 Å². The number of thioether (sulfide) groups is 1. The average molecular weight is 382 g/mol. The fourth-order valence-electron chi connectivity index (χ4n) is 1.52. The smallest absolute Gasteiger partial charge is 0.242 e. The molecule has 110 valence electrons. The Balaban J connectivity index is 0. The van der Waals surface area contributed by atoms with E-state index in [1.54, 1.807) is 11.8 Å². The summed E-state index contributed by atoms with van der Waals surface area (Å²) in [6.45, 7) is 6.61. The molecule has 0 heterocycles. The Hall–Kier alpha value is 0.361. The molecule has 2 rings (SSSR count). The number of rotatable bonds is 4. The van der Waals surface area contributed by atoms with Gasteiger partial charge in [-0.3, -0.25) is 6.08 Å². The van der Waals surface area contributed by atoms with E-state index >= 15 is 0 Å². The zero-order chi connectivity index (χ0) is 12.3. The summed E-state index contributed by atoms with van der Waals surface area (Å²) in [5.41, 5.74) is 0. The third-order valence-electron chi connectivity index (χ3n) is 2.15. The predicted octanol–water partition coefficient (Wildman–Crippen LogP) is 5.48. The summed E-state index contributed by atoms with van der Waals surface area (Å²) in [4.78, 5) is 2.38. The molecule has 0 saturated carbocycles. The van der Waals surface area contributed by atoms with Crippen LogP contribution in [-0.2, 0) is 21.7 Å². The first-order valence-corrected chi connectivity index (χ1v) is 10.0. The van der Waals surface area contributed by atoms with Gasteiger partial charge in [-0.15, -0.1) is 43.0 Å². The Labute approximate surface area is 154 Å². The molecule has 0 bridgehead atoms. The molecule has 0 spiro atoms. The number of allylic oxidation sites excluding steroid dienone is 3. The minimum absolute atomic E-state index is 0. The number of para-hydroxylation sites is 1. The maximum atomic E-state index is 6.10. The van der Waals surface area contributed by atoms with Crippen LogP contribution in [0.5, 0.6) is 5.75 Å². The molecular formula is C14H19Cl2OSSiTi-. The van der Waals surface area contributed by atoms with E-state index < -0.39 is 8.32 Å². The van der Waals surface area contributed by atoms with Crippen LogP contribution in [0.15, 0.2) is 46.2 Å². The van der Waals surface area contributed by atoms with E-state index in [4.69, 9.17) is 4.43 Å². The van der Waals surface area contributed by atoms with Crippen LogP contribution in [0.25, 0.3) is 0 Å². The molecule has 20 heavy (non-hydrogen) atoms. The number of hydrogen-bond donors (Lipinski definition) is 0. The third-order valence-corrected chi connectivity index (χ3v) is 4.04. The van der Waals surface area contributed by atoms with Gasteiger partial charge in [0.15, 0.2) is 0 Å². The summed E-state index contributed by atoms with van der Waals surface area (Å²) in [7, 11) is -1.55. The van der Waals surface area contributed by atoms with E-state index in [2.05, 4.69) is 56.1 Å². The SMILES string of the molecule is C[Si](C)(C)Oc1ccccc1SC1=[C-]CC=C1.Cl.Cl.[Ti]. The molecule has 0 radical (unpaired) electrons. The first-order chi connectivity index (χ1) is 8.04. The van der Waals surface area contributed by atoms with Crippen molar-refractivity contribution in [1.29, 1.82) is 0 Å². The molecule has 1 aromatic carbocycles. The van der Waals surface area contributed by atoms with Crippen molar-refractivity contribution >= 4 is 44.9 Å². The second-order valence-electron chi connectivity index (χ2n) is 4.91. The van der Waals surface area contributed by atoms with E-state index in [1.807, 2.05) is 6.07 Å². The summed E-state index contributed by atoms with van der Waals surface area (Å²) in [5.74, 6) is 1.01. The second kappa shape index (κ2) is 10.1. The molecular weight excluding hydrogens is 363 g/mol. The van der Waals surface area contributed by atoms with Crippen LogP contribution >= 0.6 is 36.6 Å². The fraction of sp³-hybridized carbons (Fsp3) is 0.286. The van der Waals surface area contributed by atoms with Crippen LogP contribution in [0.3, 0.4) is 0 Å². The van der Waals surface area contributed by atoms with Crippen molar-refractivity contribution in [2.75, 3.05) is 0 Å². The summed E-state index contributed by atoms with van der Waals surface area (Å²) in [5, 5.41) is 0. The van der Waals surface area contributed by atoms with Crippen LogP contribution < -0.4 is 4.43 Å². The Morgan fingerprint density at radius 1 is 1.15 bits per heavy atom. The fourth-order valence-corrected chi connectivity index (χ4v) is 3.35. The molecule has 1 nitrogen and oxygen atoms in total. The first kappa shape index (κ1) is 22.6. The van der Waals surface area contributed by atoms with Gasteiger partial charge in [0, 0.05) is 26.6 Å². The van der Waals surface area contributed by atoms with E-state index in [0.717, 1.165) is 12.2 Å². The van der Waals surface area contributed by atoms with Crippen LogP contribution in [-0.4, -0.2) is 8.32 Å². The summed E-state index contributed by atoms with van der Waals surface area (Å²) in [6, 6.07) is 8.25. The molecule has 0 aliphatic heterocycles. The van der Waals surface area contributed by atoms with Crippen LogP contribution in [0, 0.1) is 6.08 Å². The summed E-state index contributed by atoms with van der Waals surface area (Å²) < 4.78 is 6.10. The summed E-state index contributed by atoms with van der Waals surface area (Å²) >= 11 is 1.73. The Morgan fingerprint density at radius 3 is 2.35 bits per heavy atom. The van der Waals surface area contributed by atoms with Gasteiger partial charge in [-0.1, -0.05) is 12.1 Å². The minimum atomic E-state index is -1.55. The maximum Gasteiger partial charge on any atom is 0.242 e. The molecule has 0 aromatic heterocycles. The van der Waals surface area contributed by atoms with Gasteiger partial charge in [-0.05, 0) is 31.8 Å². The van der Waals surface area contributed by atoms with Crippen molar-refractivity contribution in [3.05, 3.63) is 47.4 Å². The van der Waals surface area contributed by atoms with Gasteiger partial charge in [0.05, 0.1) is 0 Å². The van der Waals surface area contributed by atoms with E-state index in [9.17, 15) is 0 Å². The van der Waals surface area contributed by atoms with Crippen molar-refractivity contribution < 1.29 is 26.1 Å². The topological polar surface area (TPSA) is 9.23 Å². The number of hydrogen-bond acceptors (Lipinski definition) is 2. The predicted molar refractivity (Wildman–Crippen MR) is 91.3 cm³/mol. The molecule has 6 heteroatoms. The standard InChI is InChI=1S/C14H17OSSi.2ClH.Ti/c1-17(2,3)15-13-10-6-7-11-14(13)16-12-8-4-5-9-12;;;/h4,6-8,10-11H,5H2,1-3H3;2*1H;/q-1;;;. The van der Waals surface area contributed by atoms with Crippen LogP contribution in [0.1, 0.15) is 6.42 Å². The van der Waals surface area contributed by atoms with Crippen molar-refractivity contribution in [3.8, 4) is 5.75 Å². The molecule has 0 atom stereocenters. The van der Waals surface area contributed by atoms with Gasteiger partial charge in [0.2, 0.25) is 8.32 Å². The number of halogens is 2. The Morgan fingerprint density at radius 2 is 1.80 bits per heavy atom. The van der Waals surface area contributed by atoms with Gasteiger partial charge in [0.25, 0.3) is 0 Å². The molecule has 0 unspecified atom stereocenters. The van der Waals surface area contributed by atoms with Gasteiger partial charge >= 0.3 is 0 Å². The monoisotopic (exact) mass is 381 g/mol. The minimum Gasteiger partial charge on any atom is -0.544 e. The largest absolute Gasteiger partial charge is 0.544 e. The van der Waals surface area contributed by atoms with Gasteiger partial charge in [-0.2, -0.15) is 11.0 Å². The van der Waals surface area contributed by atoms with E-state index in [1.165, 1.54) is 9.80 Å². The molecule has 1 aromatic rings. The Kier molecular flexibility index (Phi) is 11.5. The number of benzene rings is 1. The summed E-state index contributed by atoms with van der Waals surface area (Å²) in [6.07, 6.45) is 8.50. The second-order valence-corrected chi connectivity index (χ2v) is 10.4. The molecule has 0 fully saturated rings. The molecule has 0 amide bonds. The van der Waals surface area contributed by atoms with Crippen molar-refractivity contribution in [3.63, 3.8) is 0 Å². The molecule has 0 saturated heterocycles. The zero-order valence-electron chi connectivity index (χ0n) is 11.8. The van der Waals surface area contributed by atoms with Gasteiger partial charge in [-0.25, -0.2) is 6.08 Å². The van der Waals surface area contributed by atoms with Gasteiger partial charge < -0.3 is 4.43 Å². The average Bonchev–Trinajstić information content (AvgIpc) is 2.71. The normalized spacial score (nSPS) is 12.7. The quantitative estimate of drug-likeness (QED) is 0.504. The maximum absolute atomic E-state index is 6.10. The van der Waals surface area contributed by atoms with E-state index in [0.29, 0.717) is 0 Å². The Bertz CT molecular complexity index is 472. The van der Waals surface area contributed by atoms with Crippen LogP contribution in [0.2, 0.25) is 19.6 Å². The third kappa shape index (κ3) is 7.39. The van der Waals surface area contributed by atoms with Crippen LogP contribution in [0.4, 0.5) is 0 Å². The van der Waals surface area contributed by atoms with Gasteiger partial charge in [0.1, 0.15) is 5.75 Å². The first-order valence-electron chi connectivity index (χ1n) is 5.78.